The number of nitrogens with two attached hydrogens (primary N) is 1. The molecule has 0 bridgehead atoms. The van der Waals surface area contributed by atoms with Crippen LogP contribution in [0, 0.1) is 17.7 Å². The van der Waals surface area contributed by atoms with Crippen molar-refractivity contribution in [2.45, 2.75) is 44.7 Å². The van der Waals surface area contributed by atoms with E-state index in [-0.39, 0.29) is 29.6 Å². The molecular weight excluding hydrogens is 493 g/mol. The fourth-order valence-electron chi connectivity index (χ4n) is 5.02. The van der Waals surface area contributed by atoms with Gasteiger partial charge in [0.05, 0.1) is 17.4 Å². The number of anilines is 3. The lowest BCUT2D eigenvalue weighted by molar-refractivity contribution is -0.121. The molecule has 3 aromatic rings. The predicted octanol–water partition coefficient (Wildman–Crippen LogP) is 5.61. The Labute approximate surface area is 219 Å². The lowest BCUT2D eigenvalue weighted by Gasteiger charge is -2.26. The quantitative estimate of drug-likeness (QED) is 0.441. The summed E-state index contributed by atoms with van der Waals surface area (Å²) >= 11 is 0. The number of carbonyl (C=O) groups excluding carboxylic acids is 2. The number of hydrogen-bond acceptors (Lipinski definition) is 4. The van der Waals surface area contributed by atoms with Crippen LogP contribution in [0.25, 0.3) is 0 Å². The third-order valence-electron chi connectivity index (χ3n) is 7.13. The van der Waals surface area contributed by atoms with Gasteiger partial charge in [-0.2, -0.15) is 0 Å². The number of fused-ring (bicyclic) bond motifs is 1. The SMILES string of the molecule is NC(=O)C1CC1.O=C1C(CC(F)F)CC(c2ccccc2)N1c1ccc2c(c1)CNN2c1ccc(F)cc1. The summed E-state index contributed by atoms with van der Waals surface area (Å²) in [5.74, 6) is -1.16. The van der Waals surface area contributed by atoms with E-state index in [9.17, 15) is 22.8 Å². The molecule has 0 radical (unpaired) electrons. The molecule has 3 N–H and O–H groups in total. The lowest BCUT2D eigenvalue weighted by Crippen LogP contribution is -2.30. The van der Waals surface area contributed by atoms with Crippen LogP contribution >= 0.6 is 0 Å². The zero-order chi connectivity index (χ0) is 26.8. The molecule has 3 aliphatic rings. The number of primary amides is 1. The van der Waals surface area contributed by atoms with Gasteiger partial charge in [-0.3, -0.25) is 14.6 Å². The summed E-state index contributed by atoms with van der Waals surface area (Å²) < 4.78 is 39.5. The smallest absolute Gasteiger partial charge is 0.239 e. The molecule has 2 atom stereocenters. The van der Waals surface area contributed by atoms with Gasteiger partial charge in [-0.15, -0.1) is 0 Å². The second kappa shape index (κ2) is 10.9. The molecule has 0 aromatic heterocycles. The van der Waals surface area contributed by atoms with Crippen molar-refractivity contribution >= 4 is 28.9 Å². The number of hydrazine groups is 1. The number of amides is 2. The van der Waals surface area contributed by atoms with Crippen LogP contribution in [-0.2, 0) is 16.1 Å². The van der Waals surface area contributed by atoms with Gasteiger partial charge in [0.15, 0.2) is 0 Å². The Morgan fingerprint density at radius 1 is 1.00 bits per heavy atom. The van der Waals surface area contributed by atoms with Gasteiger partial charge in [-0.05, 0) is 72.9 Å². The summed E-state index contributed by atoms with van der Waals surface area (Å²) in [5.41, 5.74) is 12.4. The van der Waals surface area contributed by atoms with Crippen molar-refractivity contribution in [3.8, 4) is 0 Å². The standard InChI is InChI=1S/C25H22F3N3O.C4H7NO/c26-19-6-8-20(9-7-19)31-22-11-10-21(12-18(22)15-29-31)30-23(16-4-2-1-3-5-16)13-17(25(30)32)14-24(27)28;5-4(6)3-1-2-3/h1-12,17,23-24,29H,13-15H2;3H,1-2H2,(H2,5,6). The molecule has 2 aliphatic heterocycles. The van der Waals surface area contributed by atoms with E-state index in [0.717, 1.165) is 35.3 Å². The van der Waals surface area contributed by atoms with E-state index in [1.54, 1.807) is 17.0 Å². The van der Waals surface area contributed by atoms with E-state index >= 15 is 0 Å². The average molecular weight is 523 g/mol. The maximum Gasteiger partial charge on any atom is 0.239 e. The minimum Gasteiger partial charge on any atom is -0.369 e. The molecule has 6 nitrogen and oxygen atoms in total. The Hall–Kier alpha value is -3.85. The summed E-state index contributed by atoms with van der Waals surface area (Å²) in [6.07, 6.45) is -0.535. The molecule has 38 heavy (non-hydrogen) atoms. The Morgan fingerprint density at radius 3 is 2.29 bits per heavy atom. The predicted molar refractivity (Wildman–Crippen MR) is 139 cm³/mol. The molecule has 2 unspecified atom stereocenters. The molecule has 2 fully saturated rings. The second-order valence-corrected chi connectivity index (χ2v) is 9.83. The maximum atomic E-state index is 13.3. The molecular formula is C29H29F3N4O2. The monoisotopic (exact) mass is 522 g/mol. The molecule has 1 saturated carbocycles. The van der Waals surface area contributed by atoms with Crippen molar-refractivity contribution in [1.29, 1.82) is 0 Å². The van der Waals surface area contributed by atoms with E-state index in [2.05, 4.69) is 5.43 Å². The number of nitrogens with one attached hydrogen (secondary N) is 1. The number of hydrogen-bond donors (Lipinski definition) is 2. The minimum atomic E-state index is -2.52. The van der Waals surface area contributed by atoms with Crippen molar-refractivity contribution in [1.82, 2.24) is 5.43 Å². The van der Waals surface area contributed by atoms with Crippen molar-refractivity contribution in [3.63, 3.8) is 0 Å². The van der Waals surface area contributed by atoms with Crippen LogP contribution in [-0.4, -0.2) is 18.2 Å². The van der Waals surface area contributed by atoms with E-state index < -0.39 is 18.8 Å². The summed E-state index contributed by atoms with van der Waals surface area (Å²) in [4.78, 5) is 24.8. The van der Waals surface area contributed by atoms with Crippen molar-refractivity contribution in [3.05, 3.63) is 89.7 Å². The van der Waals surface area contributed by atoms with Crippen molar-refractivity contribution in [2.24, 2.45) is 17.6 Å². The molecule has 2 amide bonds. The first kappa shape index (κ1) is 25.8. The van der Waals surface area contributed by atoms with E-state index in [1.807, 2.05) is 53.5 Å². The minimum absolute atomic E-state index is 0.130. The van der Waals surface area contributed by atoms with Gasteiger partial charge in [0.2, 0.25) is 18.2 Å². The zero-order valence-corrected chi connectivity index (χ0v) is 20.7. The number of halogens is 3. The molecule has 2 heterocycles. The second-order valence-electron chi connectivity index (χ2n) is 9.83. The van der Waals surface area contributed by atoms with Crippen molar-refractivity contribution in [2.75, 3.05) is 9.91 Å². The topological polar surface area (TPSA) is 78.7 Å². The molecule has 6 rings (SSSR count). The van der Waals surface area contributed by atoms with Crippen LogP contribution in [0.1, 0.15) is 42.9 Å². The van der Waals surface area contributed by atoms with Crippen LogP contribution < -0.4 is 21.1 Å². The summed E-state index contributed by atoms with van der Waals surface area (Å²) in [7, 11) is 0. The Bertz CT molecular complexity index is 1300. The lowest BCUT2D eigenvalue weighted by atomic mass is 9.97. The Morgan fingerprint density at radius 2 is 1.68 bits per heavy atom. The number of alkyl halides is 2. The van der Waals surface area contributed by atoms with Gasteiger partial charge in [0.25, 0.3) is 0 Å². The van der Waals surface area contributed by atoms with Crippen LogP contribution in [0.2, 0.25) is 0 Å². The summed E-state index contributed by atoms with van der Waals surface area (Å²) in [6, 6.07) is 21.1. The van der Waals surface area contributed by atoms with Gasteiger partial charge in [-0.1, -0.05) is 30.3 Å². The number of benzene rings is 3. The molecule has 1 saturated heterocycles. The van der Waals surface area contributed by atoms with E-state index in [0.29, 0.717) is 18.7 Å². The first-order chi connectivity index (χ1) is 18.3. The highest BCUT2D eigenvalue weighted by Gasteiger charge is 2.42. The molecule has 0 spiro atoms. The fraction of sp³-hybridized carbons (Fsp3) is 0.310. The third-order valence-corrected chi connectivity index (χ3v) is 7.13. The first-order valence-corrected chi connectivity index (χ1v) is 12.7. The molecule has 1 aliphatic carbocycles. The van der Waals surface area contributed by atoms with Gasteiger partial charge >= 0.3 is 0 Å². The highest BCUT2D eigenvalue weighted by Crippen LogP contribution is 2.44. The van der Waals surface area contributed by atoms with Crippen LogP contribution in [0.3, 0.4) is 0 Å². The Balaban J connectivity index is 0.000000433. The van der Waals surface area contributed by atoms with Gasteiger partial charge in [0, 0.05) is 30.5 Å². The number of nitrogens with zero attached hydrogens (tertiary/aromatic N) is 2. The van der Waals surface area contributed by atoms with Gasteiger partial charge < -0.3 is 10.6 Å². The number of carbonyl (C=O) groups is 2. The number of rotatable bonds is 6. The highest BCUT2D eigenvalue weighted by molar-refractivity contribution is 5.98. The Kier molecular flexibility index (Phi) is 7.37. The molecule has 198 valence electrons. The van der Waals surface area contributed by atoms with E-state index in [1.165, 1.54) is 12.1 Å². The third kappa shape index (κ3) is 5.52. The van der Waals surface area contributed by atoms with Gasteiger partial charge in [-0.25, -0.2) is 18.6 Å². The van der Waals surface area contributed by atoms with Crippen LogP contribution in [0.15, 0.2) is 72.8 Å². The van der Waals surface area contributed by atoms with Crippen LogP contribution in [0.5, 0.6) is 0 Å². The fourth-order valence-corrected chi connectivity index (χ4v) is 5.02. The molecule has 3 aromatic carbocycles. The summed E-state index contributed by atoms with van der Waals surface area (Å²) in [5, 5.41) is 1.87. The maximum absolute atomic E-state index is 13.3. The van der Waals surface area contributed by atoms with E-state index in [4.69, 9.17) is 5.73 Å². The summed E-state index contributed by atoms with van der Waals surface area (Å²) in [6.45, 7) is 0.541. The van der Waals surface area contributed by atoms with Gasteiger partial charge in [0.1, 0.15) is 5.82 Å². The average Bonchev–Trinajstić information content (AvgIpc) is 3.62. The van der Waals surface area contributed by atoms with Crippen molar-refractivity contribution < 1.29 is 22.8 Å². The largest absolute Gasteiger partial charge is 0.369 e. The highest BCUT2D eigenvalue weighted by atomic mass is 19.3. The zero-order valence-electron chi connectivity index (χ0n) is 20.7. The first-order valence-electron chi connectivity index (χ1n) is 12.7. The molecule has 9 heteroatoms. The van der Waals surface area contributed by atoms with Crippen LogP contribution in [0.4, 0.5) is 30.2 Å². The normalized spacial score (nSPS) is 20.4.